The van der Waals surface area contributed by atoms with E-state index in [9.17, 15) is 9.18 Å². The van der Waals surface area contributed by atoms with Crippen LogP contribution < -0.4 is 10.6 Å². The second-order valence-corrected chi connectivity index (χ2v) is 4.44. The normalized spacial score (nSPS) is 10.1. The van der Waals surface area contributed by atoms with Gasteiger partial charge in [-0.3, -0.25) is 4.79 Å². The molecule has 0 aliphatic carbocycles. The van der Waals surface area contributed by atoms with Crippen LogP contribution in [0.3, 0.4) is 0 Å². The summed E-state index contributed by atoms with van der Waals surface area (Å²) in [5, 5.41) is 6.32. The Morgan fingerprint density at radius 2 is 1.79 bits per heavy atom. The zero-order valence-electron chi connectivity index (χ0n) is 10.2. The average molecular weight is 279 g/mol. The van der Waals surface area contributed by atoms with Crippen LogP contribution in [0.1, 0.15) is 6.92 Å². The Morgan fingerprint density at radius 3 is 2.42 bits per heavy atom. The van der Waals surface area contributed by atoms with E-state index in [1.807, 2.05) is 0 Å². The van der Waals surface area contributed by atoms with Crippen LogP contribution in [-0.2, 0) is 4.79 Å². The van der Waals surface area contributed by atoms with Crippen LogP contribution in [0.4, 0.5) is 21.5 Å². The zero-order chi connectivity index (χ0) is 13.8. The number of hydrogen-bond donors (Lipinski definition) is 2. The van der Waals surface area contributed by atoms with Crippen molar-refractivity contribution < 1.29 is 9.18 Å². The summed E-state index contributed by atoms with van der Waals surface area (Å²) in [6.07, 6.45) is 0. The highest BCUT2D eigenvalue weighted by molar-refractivity contribution is 6.31. The van der Waals surface area contributed by atoms with Gasteiger partial charge in [-0.1, -0.05) is 11.6 Å². The summed E-state index contributed by atoms with van der Waals surface area (Å²) < 4.78 is 12.8. The van der Waals surface area contributed by atoms with E-state index in [2.05, 4.69) is 10.6 Å². The summed E-state index contributed by atoms with van der Waals surface area (Å²) in [4.78, 5) is 11.1. The van der Waals surface area contributed by atoms with Gasteiger partial charge >= 0.3 is 0 Å². The van der Waals surface area contributed by atoms with Crippen LogP contribution >= 0.6 is 11.6 Å². The zero-order valence-corrected chi connectivity index (χ0v) is 11.0. The van der Waals surface area contributed by atoms with E-state index in [-0.39, 0.29) is 11.7 Å². The molecule has 0 aliphatic heterocycles. The van der Waals surface area contributed by atoms with Gasteiger partial charge in [-0.15, -0.1) is 0 Å². The highest BCUT2D eigenvalue weighted by Gasteiger charge is 2.05. The number of halogens is 2. The molecule has 0 bridgehead atoms. The molecule has 0 spiro atoms. The highest BCUT2D eigenvalue weighted by atomic mass is 35.5. The molecule has 2 rings (SSSR count). The molecule has 3 nitrogen and oxygen atoms in total. The molecule has 1 amide bonds. The fourth-order valence-corrected chi connectivity index (χ4v) is 1.78. The van der Waals surface area contributed by atoms with Crippen molar-refractivity contribution >= 4 is 34.6 Å². The molecule has 0 fully saturated rings. The van der Waals surface area contributed by atoms with Gasteiger partial charge in [0.15, 0.2) is 0 Å². The van der Waals surface area contributed by atoms with Gasteiger partial charge in [0.25, 0.3) is 0 Å². The van der Waals surface area contributed by atoms with E-state index < -0.39 is 0 Å². The molecule has 0 atom stereocenters. The second kappa shape index (κ2) is 5.71. The summed E-state index contributed by atoms with van der Waals surface area (Å²) >= 11 is 5.93. The predicted molar refractivity (Wildman–Crippen MR) is 75.4 cm³/mol. The first kappa shape index (κ1) is 13.4. The molecule has 0 saturated heterocycles. The Labute approximate surface area is 115 Å². The van der Waals surface area contributed by atoms with Crippen molar-refractivity contribution in [2.24, 2.45) is 0 Å². The van der Waals surface area contributed by atoms with Crippen molar-refractivity contribution in [1.82, 2.24) is 0 Å². The first-order valence-corrected chi connectivity index (χ1v) is 6.02. The molecule has 0 heterocycles. The molecule has 98 valence electrons. The van der Waals surface area contributed by atoms with Crippen LogP contribution in [0.15, 0.2) is 42.5 Å². The van der Waals surface area contributed by atoms with E-state index in [1.165, 1.54) is 19.1 Å². The Hall–Kier alpha value is -2.07. The van der Waals surface area contributed by atoms with E-state index >= 15 is 0 Å². The third-order valence-electron chi connectivity index (χ3n) is 2.42. The molecular weight excluding hydrogens is 267 g/mol. The third kappa shape index (κ3) is 3.69. The van der Waals surface area contributed by atoms with Crippen LogP contribution in [-0.4, -0.2) is 5.91 Å². The molecule has 19 heavy (non-hydrogen) atoms. The third-order valence-corrected chi connectivity index (χ3v) is 2.65. The number of anilines is 3. The van der Waals surface area contributed by atoms with Crippen molar-refractivity contribution in [3.8, 4) is 0 Å². The van der Waals surface area contributed by atoms with Gasteiger partial charge in [-0.25, -0.2) is 4.39 Å². The number of rotatable bonds is 3. The van der Waals surface area contributed by atoms with Crippen LogP contribution in [0.2, 0.25) is 5.02 Å². The first-order valence-electron chi connectivity index (χ1n) is 5.64. The maximum atomic E-state index is 12.8. The molecule has 0 aromatic heterocycles. The van der Waals surface area contributed by atoms with Gasteiger partial charge in [0, 0.05) is 17.6 Å². The minimum atomic E-state index is -0.307. The van der Waals surface area contributed by atoms with E-state index in [0.717, 1.165) is 0 Å². The molecule has 0 unspecified atom stereocenters. The van der Waals surface area contributed by atoms with Crippen LogP contribution in [0, 0.1) is 5.82 Å². The summed E-state index contributed by atoms with van der Waals surface area (Å²) in [5.41, 5.74) is 1.96. The van der Waals surface area contributed by atoms with Crippen molar-refractivity contribution in [2.45, 2.75) is 6.92 Å². The lowest BCUT2D eigenvalue weighted by atomic mass is 10.2. The quantitative estimate of drug-likeness (QED) is 0.884. The molecular formula is C14H12ClFN2O. The van der Waals surface area contributed by atoms with Crippen molar-refractivity contribution in [2.75, 3.05) is 10.6 Å². The lowest BCUT2D eigenvalue weighted by Gasteiger charge is -2.12. The SMILES string of the molecule is CC(=O)Nc1ccc(Cl)cc1Nc1ccc(F)cc1. The standard InChI is InChI=1S/C14H12ClFN2O/c1-9(19)17-13-7-2-10(15)8-14(13)18-12-5-3-11(16)4-6-12/h2-8,18H,1H3,(H,17,19). The Kier molecular flexibility index (Phi) is 4.02. The summed E-state index contributed by atoms with van der Waals surface area (Å²) in [6.45, 7) is 1.43. The molecule has 0 aliphatic rings. The summed E-state index contributed by atoms with van der Waals surface area (Å²) in [7, 11) is 0. The topological polar surface area (TPSA) is 41.1 Å². The van der Waals surface area contributed by atoms with Gasteiger partial charge in [-0.05, 0) is 42.5 Å². The predicted octanol–water partition coefficient (Wildman–Crippen LogP) is 4.18. The Bertz CT molecular complexity index is 599. The largest absolute Gasteiger partial charge is 0.354 e. The van der Waals surface area contributed by atoms with Gasteiger partial charge in [0.1, 0.15) is 5.82 Å². The highest BCUT2D eigenvalue weighted by Crippen LogP contribution is 2.28. The lowest BCUT2D eigenvalue weighted by Crippen LogP contribution is -2.07. The Balaban J connectivity index is 2.29. The van der Waals surface area contributed by atoms with E-state index in [4.69, 9.17) is 11.6 Å². The van der Waals surface area contributed by atoms with Gasteiger partial charge in [0.2, 0.25) is 5.91 Å². The molecule has 2 aromatic carbocycles. The van der Waals surface area contributed by atoms with E-state index in [0.29, 0.717) is 22.1 Å². The number of benzene rings is 2. The number of carbonyl (C=O) groups excluding carboxylic acids is 1. The second-order valence-electron chi connectivity index (χ2n) is 4.00. The van der Waals surface area contributed by atoms with Crippen molar-refractivity contribution in [3.63, 3.8) is 0 Å². The van der Waals surface area contributed by atoms with Gasteiger partial charge in [0.05, 0.1) is 11.4 Å². The van der Waals surface area contributed by atoms with Gasteiger partial charge in [-0.2, -0.15) is 0 Å². The molecule has 5 heteroatoms. The molecule has 2 aromatic rings. The summed E-state index contributed by atoms with van der Waals surface area (Å²) in [5.74, 6) is -0.483. The fraction of sp³-hybridized carbons (Fsp3) is 0.0714. The molecule has 0 saturated carbocycles. The van der Waals surface area contributed by atoms with Gasteiger partial charge < -0.3 is 10.6 Å². The maximum absolute atomic E-state index is 12.8. The van der Waals surface area contributed by atoms with Crippen LogP contribution in [0.25, 0.3) is 0 Å². The molecule has 0 radical (unpaired) electrons. The van der Waals surface area contributed by atoms with Crippen molar-refractivity contribution in [1.29, 1.82) is 0 Å². The minimum Gasteiger partial charge on any atom is -0.354 e. The smallest absolute Gasteiger partial charge is 0.221 e. The lowest BCUT2D eigenvalue weighted by molar-refractivity contribution is -0.114. The summed E-state index contributed by atoms with van der Waals surface area (Å²) in [6, 6.07) is 11.0. The first-order chi connectivity index (χ1) is 9.04. The van der Waals surface area contributed by atoms with E-state index in [1.54, 1.807) is 30.3 Å². The monoisotopic (exact) mass is 278 g/mol. The average Bonchev–Trinajstić information content (AvgIpc) is 2.35. The van der Waals surface area contributed by atoms with Crippen molar-refractivity contribution in [3.05, 3.63) is 53.3 Å². The minimum absolute atomic E-state index is 0.176. The number of hydrogen-bond acceptors (Lipinski definition) is 2. The number of amides is 1. The molecule has 2 N–H and O–H groups in total. The number of carbonyl (C=O) groups is 1. The van der Waals surface area contributed by atoms with Crippen LogP contribution in [0.5, 0.6) is 0 Å². The number of nitrogens with one attached hydrogen (secondary N) is 2. The Morgan fingerprint density at radius 1 is 1.11 bits per heavy atom. The fourth-order valence-electron chi connectivity index (χ4n) is 1.61. The maximum Gasteiger partial charge on any atom is 0.221 e.